The summed E-state index contributed by atoms with van der Waals surface area (Å²) < 4.78 is 22.6. The summed E-state index contributed by atoms with van der Waals surface area (Å²) in [6.45, 7) is 3.85. The molecule has 2 aromatic rings. The van der Waals surface area contributed by atoms with E-state index in [1.807, 2.05) is 13.8 Å². The van der Waals surface area contributed by atoms with Crippen LogP contribution in [-0.2, 0) is 9.84 Å². The van der Waals surface area contributed by atoms with E-state index in [1.54, 1.807) is 0 Å². The second-order valence-electron chi connectivity index (χ2n) is 4.81. The minimum Gasteiger partial charge on any atom is -0.318 e. The Labute approximate surface area is 121 Å². The molecule has 2 aromatic heterocycles. The Bertz CT molecular complexity index is 749. The van der Waals surface area contributed by atoms with E-state index >= 15 is 0 Å². The molecule has 21 heavy (non-hydrogen) atoms. The fraction of sp³-hybridized carbons (Fsp3) is 0.333. The molecule has 0 fully saturated rings. The van der Waals surface area contributed by atoms with Gasteiger partial charge in [-0.25, -0.2) is 18.4 Å². The number of aromatic amines is 1. The molecule has 2 rings (SSSR count). The van der Waals surface area contributed by atoms with Crippen molar-refractivity contribution in [3.05, 3.63) is 30.0 Å². The van der Waals surface area contributed by atoms with Crippen LogP contribution in [0.4, 0.5) is 5.69 Å². The minimum absolute atomic E-state index is 0.0193. The first-order chi connectivity index (χ1) is 9.77. The lowest BCUT2D eigenvalue weighted by molar-refractivity contribution is 0.101. The Morgan fingerprint density at radius 2 is 2.05 bits per heavy atom. The molecule has 0 radical (unpaired) electrons. The van der Waals surface area contributed by atoms with Gasteiger partial charge in [0, 0.05) is 12.2 Å². The van der Waals surface area contributed by atoms with Crippen LogP contribution in [0.1, 0.15) is 36.2 Å². The predicted octanol–water partition coefficient (Wildman–Crippen LogP) is 0.979. The van der Waals surface area contributed by atoms with Crippen LogP contribution in [0, 0.1) is 0 Å². The van der Waals surface area contributed by atoms with Gasteiger partial charge in [0.25, 0.3) is 5.91 Å². The maximum atomic E-state index is 11.9. The molecule has 0 bridgehead atoms. The van der Waals surface area contributed by atoms with Gasteiger partial charge in [-0.2, -0.15) is 0 Å². The fourth-order valence-electron chi connectivity index (χ4n) is 1.49. The van der Waals surface area contributed by atoms with E-state index in [2.05, 4.69) is 25.5 Å². The number of nitrogens with zero attached hydrogens (tertiary/aromatic N) is 3. The van der Waals surface area contributed by atoms with Crippen LogP contribution in [-0.4, -0.2) is 40.7 Å². The van der Waals surface area contributed by atoms with Gasteiger partial charge in [0.1, 0.15) is 5.82 Å². The molecule has 0 unspecified atom stereocenters. The molecule has 0 spiro atoms. The normalized spacial score (nSPS) is 11.6. The van der Waals surface area contributed by atoms with Gasteiger partial charge in [0.2, 0.25) is 5.82 Å². The molecule has 0 atom stereocenters. The van der Waals surface area contributed by atoms with Gasteiger partial charge in [-0.15, -0.1) is 5.10 Å². The third-order valence-corrected chi connectivity index (χ3v) is 3.63. The number of hydrogen-bond donors (Lipinski definition) is 2. The van der Waals surface area contributed by atoms with Gasteiger partial charge >= 0.3 is 0 Å². The van der Waals surface area contributed by atoms with Crippen molar-refractivity contribution in [3.8, 4) is 0 Å². The molecule has 1 amide bonds. The van der Waals surface area contributed by atoms with Crippen LogP contribution < -0.4 is 5.32 Å². The van der Waals surface area contributed by atoms with Crippen LogP contribution in [0.15, 0.2) is 23.4 Å². The number of sulfone groups is 1. The summed E-state index contributed by atoms with van der Waals surface area (Å²) in [6, 6.07) is 2.78. The SMILES string of the molecule is CC(C)c1nc(C(=O)Nc2ccc(S(C)(=O)=O)nc2)n[nH]1. The summed E-state index contributed by atoms with van der Waals surface area (Å²) in [5, 5.41) is 9.00. The van der Waals surface area contributed by atoms with Crippen molar-refractivity contribution < 1.29 is 13.2 Å². The largest absolute Gasteiger partial charge is 0.318 e. The second kappa shape index (κ2) is 5.60. The number of pyridine rings is 1. The first-order valence-corrected chi connectivity index (χ1v) is 8.06. The maximum absolute atomic E-state index is 11.9. The molecule has 0 aliphatic heterocycles. The Kier molecular flexibility index (Phi) is 4.03. The lowest BCUT2D eigenvalue weighted by atomic mass is 10.2. The van der Waals surface area contributed by atoms with Crippen LogP contribution in [0.25, 0.3) is 0 Å². The zero-order valence-corrected chi connectivity index (χ0v) is 12.6. The standard InChI is InChI=1S/C12H15N5O3S/c1-7(2)10-15-11(17-16-10)12(18)14-8-4-5-9(13-6-8)21(3,19)20/h4-7H,1-3H3,(H,14,18)(H,15,16,17). The first-order valence-electron chi connectivity index (χ1n) is 6.17. The first kappa shape index (κ1) is 15.1. The summed E-state index contributed by atoms with van der Waals surface area (Å²) in [5.41, 5.74) is 0.364. The number of H-pyrrole nitrogens is 1. The molecule has 0 saturated carbocycles. The number of nitrogens with one attached hydrogen (secondary N) is 2. The van der Waals surface area contributed by atoms with Crippen molar-refractivity contribution in [1.29, 1.82) is 0 Å². The number of carbonyl (C=O) groups excluding carboxylic acids is 1. The maximum Gasteiger partial charge on any atom is 0.295 e. The highest BCUT2D eigenvalue weighted by atomic mass is 32.2. The number of amides is 1. The summed E-state index contributed by atoms with van der Waals surface area (Å²) in [6.07, 6.45) is 2.33. The van der Waals surface area contributed by atoms with Crippen molar-refractivity contribution in [2.24, 2.45) is 0 Å². The van der Waals surface area contributed by atoms with Crippen molar-refractivity contribution in [3.63, 3.8) is 0 Å². The van der Waals surface area contributed by atoms with Gasteiger partial charge in [0.05, 0.1) is 11.9 Å². The van der Waals surface area contributed by atoms with E-state index in [4.69, 9.17) is 0 Å². The van der Waals surface area contributed by atoms with Gasteiger partial charge in [0.15, 0.2) is 14.9 Å². The summed E-state index contributed by atoms with van der Waals surface area (Å²) in [5.74, 6) is 0.276. The molecule has 0 saturated heterocycles. The Morgan fingerprint density at radius 3 is 2.52 bits per heavy atom. The second-order valence-corrected chi connectivity index (χ2v) is 6.77. The molecule has 112 valence electrons. The molecule has 9 heteroatoms. The van der Waals surface area contributed by atoms with Crippen molar-refractivity contribution >= 4 is 21.4 Å². The van der Waals surface area contributed by atoms with E-state index < -0.39 is 15.7 Å². The van der Waals surface area contributed by atoms with Crippen LogP contribution in [0.3, 0.4) is 0 Å². The van der Waals surface area contributed by atoms with Crippen molar-refractivity contribution in [1.82, 2.24) is 20.2 Å². The molecular formula is C12H15N5O3S. The van der Waals surface area contributed by atoms with Gasteiger partial charge < -0.3 is 5.32 Å². The Morgan fingerprint density at radius 1 is 1.33 bits per heavy atom. The Balaban J connectivity index is 2.12. The molecule has 0 aliphatic carbocycles. The van der Waals surface area contributed by atoms with Gasteiger partial charge in [-0.05, 0) is 12.1 Å². The van der Waals surface area contributed by atoms with E-state index in [-0.39, 0.29) is 16.8 Å². The lowest BCUT2D eigenvalue weighted by Crippen LogP contribution is -2.14. The smallest absolute Gasteiger partial charge is 0.295 e. The average Bonchev–Trinajstić information content (AvgIpc) is 2.88. The number of hydrogen-bond acceptors (Lipinski definition) is 6. The zero-order valence-electron chi connectivity index (χ0n) is 11.8. The van der Waals surface area contributed by atoms with Gasteiger partial charge in [-0.1, -0.05) is 13.8 Å². The van der Waals surface area contributed by atoms with Crippen LogP contribution in [0.2, 0.25) is 0 Å². The third-order valence-electron chi connectivity index (χ3n) is 2.63. The molecule has 0 aromatic carbocycles. The zero-order chi connectivity index (χ0) is 15.6. The fourth-order valence-corrected chi connectivity index (χ4v) is 2.05. The predicted molar refractivity (Wildman–Crippen MR) is 75.8 cm³/mol. The molecule has 2 N–H and O–H groups in total. The monoisotopic (exact) mass is 309 g/mol. The summed E-state index contributed by atoms with van der Waals surface area (Å²) >= 11 is 0. The average molecular weight is 309 g/mol. The number of carbonyl (C=O) groups is 1. The van der Waals surface area contributed by atoms with E-state index in [1.165, 1.54) is 18.3 Å². The minimum atomic E-state index is -3.36. The highest BCUT2D eigenvalue weighted by molar-refractivity contribution is 7.90. The molecule has 8 nitrogen and oxygen atoms in total. The highest BCUT2D eigenvalue weighted by Gasteiger charge is 2.15. The third kappa shape index (κ3) is 3.63. The lowest BCUT2D eigenvalue weighted by Gasteiger charge is -2.03. The van der Waals surface area contributed by atoms with Crippen molar-refractivity contribution in [2.75, 3.05) is 11.6 Å². The van der Waals surface area contributed by atoms with E-state index in [0.29, 0.717) is 11.5 Å². The number of aromatic nitrogens is 4. The van der Waals surface area contributed by atoms with E-state index in [0.717, 1.165) is 6.26 Å². The topological polar surface area (TPSA) is 118 Å². The van der Waals surface area contributed by atoms with Crippen molar-refractivity contribution in [2.45, 2.75) is 24.8 Å². The number of anilines is 1. The molecule has 0 aliphatic rings. The highest BCUT2D eigenvalue weighted by Crippen LogP contribution is 2.12. The van der Waals surface area contributed by atoms with Crippen LogP contribution in [0.5, 0.6) is 0 Å². The van der Waals surface area contributed by atoms with E-state index in [9.17, 15) is 13.2 Å². The molecule has 2 heterocycles. The van der Waals surface area contributed by atoms with Gasteiger partial charge in [-0.3, -0.25) is 9.89 Å². The molecular weight excluding hydrogens is 294 g/mol. The van der Waals surface area contributed by atoms with Crippen LogP contribution >= 0.6 is 0 Å². The number of rotatable bonds is 4. The quantitative estimate of drug-likeness (QED) is 0.869. The summed E-state index contributed by atoms with van der Waals surface area (Å²) in [4.78, 5) is 19.8. The summed E-state index contributed by atoms with van der Waals surface area (Å²) in [7, 11) is -3.36. The Hall–Kier alpha value is -2.29.